The molecule has 0 aliphatic carbocycles. The van der Waals surface area contributed by atoms with Crippen LogP contribution in [0.3, 0.4) is 0 Å². The normalized spacial score (nSPS) is 20.3. The molecule has 0 radical (unpaired) electrons. The number of carbonyl (C=O) groups is 3. The molecular formula is C11H19N3O4. The molecule has 1 aliphatic heterocycles. The zero-order valence-electron chi connectivity index (χ0n) is 10.1. The molecule has 1 saturated heterocycles. The molecular weight excluding hydrogens is 238 g/mol. The molecule has 2 amide bonds. The third-order valence-electron chi connectivity index (χ3n) is 2.98. The summed E-state index contributed by atoms with van der Waals surface area (Å²) in [6.07, 6.45) is 1.65. The SMILES string of the molecule is NC(=O)C[C@H](NC(=O)CCC1CCNC1)C(=O)O. The molecule has 1 heterocycles. The Hall–Kier alpha value is -1.63. The van der Waals surface area contributed by atoms with Gasteiger partial charge < -0.3 is 21.5 Å². The molecule has 1 unspecified atom stereocenters. The third-order valence-corrected chi connectivity index (χ3v) is 2.98. The van der Waals surface area contributed by atoms with Gasteiger partial charge in [-0.1, -0.05) is 0 Å². The van der Waals surface area contributed by atoms with E-state index in [9.17, 15) is 14.4 Å². The van der Waals surface area contributed by atoms with Crippen molar-refractivity contribution >= 4 is 17.8 Å². The van der Waals surface area contributed by atoms with Crippen molar-refractivity contribution in [1.82, 2.24) is 10.6 Å². The molecule has 102 valence electrons. The van der Waals surface area contributed by atoms with E-state index in [0.717, 1.165) is 25.9 Å². The summed E-state index contributed by atoms with van der Waals surface area (Å²) in [6, 6.07) is -1.23. The molecule has 0 aromatic rings. The fourth-order valence-electron chi connectivity index (χ4n) is 1.96. The first-order valence-corrected chi connectivity index (χ1v) is 6.00. The zero-order chi connectivity index (χ0) is 13.5. The maximum atomic E-state index is 11.5. The van der Waals surface area contributed by atoms with E-state index >= 15 is 0 Å². The van der Waals surface area contributed by atoms with Crippen molar-refractivity contribution in [2.75, 3.05) is 13.1 Å². The molecule has 0 bridgehead atoms. The first-order valence-electron chi connectivity index (χ1n) is 6.00. The van der Waals surface area contributed by atoms with Gasteiger partial charge in [-0.15, -0.1) is 0 Å². The standard InChI is InChI=1S/C11H19N3O4/c12-9(15)5-8(11(17)18)14-10(16)2-1-7-3-4-13-6-7/h7-8,13H,1-6H2,(H2,12,15)(H,14,16)(H,17,18)/t7?,8-/m0/s1. The third kappa shape index (κ3) is 5.13. The van der Waals surface area contributed by atoms with Crippen LogP contribution < -0.4 is 16.4 Å². The van der Waals surface area contributed by atoms with Gasteiger partial charge >= 0.3 is 5.97 Å². The van der Waals surface area contributed by atoms with Crippen molar-refractivity contribution in [3.63, 3.8) is 0 Å². The van der Waals surface area contributed by atoms with E-state index < -0.39 is 17.9 Å². The van der Waals surface area contributed by atoms with Crippen LogP contribution in [0.2, 0.25) is 0 Å². The monoisotopic (exact) mass is 257 g/mol. The Balaban J connectivity index is 2.31. The maximum Gasteiger partial charge on any atom is 0.326 e. The Labute approximate surface area is 105 Å². The zero-order valence-corrected chi connectivity index (χ0v) is 10.1. The van der Waals surface area contributed by atoms with Crippen molar-refractivity contribution in [3.8, 4) is 0 Å². The van der Waals surface area contributed by atoms with Gasteiger partial charge in [-0.2, -0.15) is 0 Å². The van der Waals surface area contributed by atoms with Gasteiger partial charge in [0.05, 0.1) is 6.42 Å². The van der Waals surface area contributed by atoms with E-state index in [1.807, 2.05) is 0 Å². The first kappa shape index (κ1) is 14.4. The molecule has 0 saturated carbocycles. The number of nitrogens with one attached hydrogen (secondary N) is 2. The molecule has 2 atom stereocenters. The Morgan fingerprint density at radius 3 is 2.67 bits per heavy atom. The van der Waals surface area contributed by atoms with E-state index in [1.165, 1.54) is 0 Å². The highest BCUT2D eigenvalue weighted by Gasteiger charge is 2.23. The summed E-state index contributed by atoms with van der Waals surface area (Å²) in [7, 11) is 0. The number of carboxylic acids is 1. The lowest BCUT2D eigenvalue weighted by molar-refractivity contribution is -0.143. The minimum absolute atomic E-state index is 0.273. The number of rotatable bonds is 7. The Bertz CT molecular complexity index is 326. The van der Waals surface area contributed by atoms with Crippen LogP contribution in [0.4, 0.5) is 0 Å². The van der Waals surface area contributed by atoms with Crippen LogP contribution in [0.1, 0.15) is 25.7 Å². The molecule has 7 nitrogen and oxygen atoms in total. The number of carbonyl (C=O) groups excluding carboxylic acids is 2. The van der Waals surface area contributed by atoms with E-state index in [-0.39, 0.29) is 18.7 Å². The Kier molecular flexibility index (Phi) is 5.57. The highest BCUT2D eigenvalue weighted by molar-refractivity contribution is 5.88. The number of hydrogen-bond acceptors (Lipinski definition) is 4. The minimum atomic E-state index is -1.25. The summed E-state index contributed by atoms with van der Waals surface area (Å²) in [5.74, 6) is -1.88. The number of amides is 2. The van der Waals surface area contributed by atoms with Crippen LogP contribution >= 0.6 is 0 Å². The number of hydrogen-bond donors (Lipinski definition) is 4. The topological polar surface area (TPSA) is 122 Å². The fraction of sp³-hybridized carbons (Fsp3) is 0.727. The van der Waals surface area contributed by atoms with Crippen molar-refractivity contribution in [1.29, 1.82) is 0 Å². The van der Waals surface area contributed by atoms with Crippen molar-refractivity contribution in [2.45, 2.75) is 31.7 Å². The molecule has 7 heteroatoms. The van der Waals surface area contributed by atoms with Gasteiger partial charge in [0, 0.05) is 6.42 Å². The van der Waals surface area contributed by atoms with E-state index in [0.29, 0.717) is 5.92 Å². The van der Waals surface area contributed by atoms with Gasteiger partial charge in [-0.25, -0.2) is 4.79 Å². The smallest absolute Gasteiger partial charge is 0.326 e. The number of aliphatic carboxylic acids is 1. The van der Waals surface area contributed by atoms with Gasteiger partial charge in [-0.05, 0) is 31.8 Å². The molecule has 18 heavy (non-hydrogen) atoms. The number of carboxylic acid groups (broad SMARTS) is 1. The van der Waals surface area contributed by atoms with Gasteiger partial charge in [0.1, 0.15) is 6.04 Å². The lowest BCUT2D eigenvalue weighted by atomic mass is 10.0. The largest absolute Gasteiger partial charge is 0.480 e. The van der Waals surface area contributed by atoms with Gasteiger partial charge in [0.25, 0.3) is 0 Å². The lowest BCUT2D eigenvalue weighted by Gasteiger charge is -2.13. The summed E-state index contributed by atoms with van der Waals surface area (Å²) in [5.41, 5.74) is 4.92. The quantitative estimate of drug-likeness (QED) is 0.457. The second kappa shape index (κ2) is 6.95. The predicted molar refractivity (Wildman–Crippen MR) is 63.6 cm³/mol. The predicted octanol–water partition coefficient (Wildman–Crippen LogP) is -1.18. The van der Waals surface area contributed by atoms with Crippen LogP contribution in [0.25, 0.3) is 0 Å². The van der Waals surface area contributed by atoms with Crippen molar-refractivity contribution in [3.05, 3.63) is 0 Å². The minimum Gasteiger partial charge on any atom is -0.480 e. The lowest BCUT2D eigenvalue weighted by Crippen LogP contribution is -2.43. The van der Waals surface area contributed by atoms with Crippen LogP contribution in [-0.4, -0.2) is 42.0 Å². The molecule has 5 N–H and O–H groups in total. The summed E-state index contributed by atoms with van der Waals surface area (Å²) in [5, 5.41) is 14.3. The van der Waals surface area contributed by atoms with Crippen molar-refractivity contribution < 1.29 is 19.5 Å². The van der Waals surface area contributed by atoms with Crippen molar-refractivity contribution in [2.24, 2.45) is 11.7 Å². The number of primary amides is 1. The fourth-order valence-corrected chi connectivity index (χ4v) is 1.96. The summed E-state index contributed by atoms with van der Waals surface area (Å²) in [6.45, 7) is 1.86. The second-order valence-electron chi connectivity index (χ2n) is 4.53. The average Bonchev–Trinajstić information content (AvgIpc) is 2.77. The highest BCUT2D eigenvalue weighted by atomic mass is 16.4. The first-order chi connectivity index (χ1) is 8.49. The van der Waals surface area contributed by atoms with Crippen LogP contribution in [0.15, 0.2) is 0 Å². The van der Waals surface area contributed by atoms with E-state index in [1.54, 1.807) is 0 Å². The van der Waals surface area contributed by atoms with E-state index in [4.69, 9.17) is 10.8 Å². The van der Waals surface area contributed by atoms with E-state index in [2.05, 4.69) is 10.6 Å². The average molecular weight is 257 g/mol. The summed E-state index contributed by atoms with van der Waals surface area (Å²) >= 11 is 0. The summed E-state index contributed by atoms with van der Waals surface area (Å²) in [4.78, 5) is 33.0. The molecule has 1 fully saturated rings. The van der Waals surface area contributed by atoms with Crippen LogP contribution in [0.5, 0.6) is 0 Å². The number of nitrogens with two attached hydrogens (primary N) is 1. The molecule has 0 spiro atoms. The maximum absolute atomic E-state index is 11.5. The molecule has 0 aromatic heterocycles. The van der Waals surface area contributed by atoms with Gasteiger partial charge in [-0.3, -0.25) is 9.59 Å². The summed E-state index contributed by atoms with van der Waals surface area (Å²) < 4.78 is 0. The highest BCUT2D eigenvalue weighted by Crippen LogP contribution is 2.14. The Morgan fingerprint density at radius 2 is 2.17 bits per heavy atom. The van der Waals surface area contributed by atoms with Crippen LogP contribution in [0, 0.1) is 5.92 Å². The Morgan fingerprint density at radius 1 is 1.44 bits per heavy atom. The second-order valence-corrected chi connectivity index (χ2v) is 4.53. The van der Waals surface area contributed by atoms with Gasteiger partial charge in [0.15, 0.2) is 0 Å². The van der Waals surface area contributed by atoms with Crippen LogP contribution in [-0.2, 0) is 14.4 Å². The molecule has 0 aromatic carbocycles. The van der Waals surface area contributed by atoms with Gasteiger partial charge in [0.2, 0.25) is 11.8 Å². The molecule has 1 aliphatic rings. The molecule has 1 rings (SSSR count).